The molecular weight excluding hydrogens is 653 g/mol. The Morgan fingerprint density at radius 3 is 2.30 bits per heavy atom. The summed E-state index contributed by atoms with van der Waals surface area (Å²) in [5, 5.41) is 9.19. The number of likely N-dealkylation sites (N-methyl/N-ethyl adjacent to an activating group) is 1. The van der Waals surface area contributed by atoms with Gasteiger partial charge in [0.1, 0.15) is 12.1 Å². The zero-order chi connectivity index (χ0) is 36.8. The van der Waals surface area contributed by atoms with Gasteiger partial charge in [-0.15, -0.1) is 0 Å². The van der Waals surface area contributed by atoms with E-state index >= 15 is 0 Å². The molecule has 11 nitrogen and oxygen atoms in total. The van der Waals surface area contributed by atoms with Crippen molar-refractivity contribution in [3.8, 4) is 0 Å². The van der Waals surface area contributed by atoms with Crippen LogP contribution in [-0.4, -0.2) is 95.5 Å². The number of ketones is 1. The van der Waals surface area contributed by atoms with E-state index in [1.54, 1.807) is 16.8 Å². The zero-order valence-electron chi connectivity index (χ0n) is 31.2. The van der Waals surface area contributed by atoms with E-state index in [4.69, 9.17) is 0 Å². The van der Waals surface area contributed by atoms with Gasteiger partial charge in [-0.05, 0) is 61.1 Å². The van der Waals surface area contributed by atoms with E-state index in [1.807, 2.05) is 19.4 Å². The molecule has 3 fully saturated rings. The number of allylic oxidation sites excluding steroid dienone is 2. The first-order chi connectivity index (χ1) is 23.6. The molecule has 0 spiro atoms. The summed E-state index contributed by atoms with van der Waals surface area (Å²) in [5.41, 5.74) is -0.492. The number of Topliss-reactive ketones (excluding diaryl/α,β-unsaturated/α-hetero) is 1. The van der Waals surface area contributed by atoms with Crippen molar-refractivity contribution in [2.75, 3.05) is 26.4 Å². The van der Waals surface area contributed by atoms with E-state index in [0.717, 1.165) is 51.4 Å². The molecule has 1 aliphatic heterocycles. The van der Waals surface area contributed by atoms with E-state index in [0.29, 0.717) is 19.5 Å². The lowest BCUT2D eigenvalue weighted by Gasteiger charge is -2.37. The fourth-order valence-corrected chi connectivity index (χ4v) is 8.29. The third-order valence-corrected chi connectivity index (χ3v) is 12.3. The number of rotatable bonds is 14. The molecule has 12 heteroatoms. The number of likely N-dealkylation sites (tertiary alicyclic amines) is 1. The van der Waals surface area contributed by atoms with Crippen LogP contribution in [0, 0.1) is 34.5 Å². The SMILES string of the molecule is C=CC=NC(=O)C(=O)C(CC1CCC1)NC(=O)[C@@H]1[C@H]2C=CC(C)(C)[C@H]2CN1C(=O)[C@@H](NC(=O)N[C@H](CN(C)SC)C(C)(C)C)C1CCCCC1. The van der Waals surface area contributed by atoms with Crippen molar-refractivity contribution in [1.29, 1.82) is 0 Å². The Hall–Kier alpha value is -2.99. The van der Waals surface area contributed by atoms with Crippen molar-refractivity contribution in [3.63, 3.8) is 0 Å². The van der Waals surface area contributed by atoms with Crippen molar-refractivity contribution in [3.05, 3.63) is 24.8 Å². The maximum Gasteiger partial charge on any atom is 0.315 e. The smallest absolute Gasteiger partial charge is 0.315 e. The molecule has 3 N–H and O–H groups in total. The van der Waals surface area contributed by atoms with Gasteiger partial charge >= 0.3 is 11.9 Å². The lowest BCUT2D eigenvalue weighted by atomic mass is 9.78. The Bertz CT molecular complexity index is 1330. The molecule has 0 radical (unpaired) electrons. The molecule has 0 aromatic rings. The van der Waals surface area contributed by atoms with E-state index in [1.165, 1.54) is 12.3 Å². The molecule has 6 atom stereocenters. The van der Waals surface area contributed by atoms with E-state index < -0.39 is 41.8 Å². The Kier molecular flexibility index (Phi) is 13.5. The second-order valence-electron chi connectivity index (χ2n) is 16.5. The molecule has 50 heavy (non-hydrogen) atoms. The fourth-order valence-electron chi connectivity index (χ4n) is 7.99. The molecule has 3 aliphatic carbocycles. The highest BCUT2D eigenvalue weighted by atomic mass is 32.2. The quantitative estimate of drug-likeness (QED) is 0.101. The van der Waals surface area contributed by atoms with Gasteiger partial charge in [-0.1, -0.05) is 110 Å². The van der Waals surface area contributed by atoms with Gasteiger partial charge in [0.2, 0.25) is 17.6 Å². The molecule has 1 unspecified atom stereocenters. The molecular formula is C38H60N6O5S. The molecule has 0 aromatic carbocycles. The highest BCUT2D eigenvalue weighted by Gasteiger charge is 2.55. The number of urea groups is 1. The largest absolute Gasteiger partial charge is 0.344 e. The second-order valence-corrected chi connectivity index (χ2v) is 17.5. The van der Waals surface area contributed by atoms with Crippen LogP contribution in [-0.2, 0) is 19.2 Å². The van der Waals surface area contributed by atoms with Crippen molar-refractivity contribution in [1.82, 2.24) is 25.2 Å². The number of hydrogen-bond acceptors (Lipinski definition) is 7. The predicted octanol–water partition coefficient (Wildman–Crippen LogP) is 4.93. The van der Waals surface area contributed by atoms with Gasteiger partial charge in [-0.2, -0.15) is 0 Å². The summed E-state index contributed by atoms with van der Waals surface area (Å²) in [5.74, 6) is -2.55. The number of aliphatic imine (C=N–C) groups is 1. The van der Waals surface area contributed by atoms with Crippen molar-refractivity contribution in [2.45, 2.75) is 117 Å². The van der Waals surface area contributed by atoms with Gasteiger partial charge in [0.15, 0.2) is 0 Å². The molecule has 2 saturated carbocycles. The summed E-state index contributed by atoms with van der Waals surface area (Å²) in [4.78, 5) is 74.4. The highest BCUT2D eigenvalue weighted by Crippen LogP contribution is 2.48. The average Bonchev–Trinajstić information content (AvgIpc) is 3.59. The molecule has 0 aromatic heterocycles. The van der Waals surface area contributed by atoms with Crippen molar-refractivity contribution >= 4 is 47.7 Å². The Labute approximate surface area is 303 Å². The second kappa shape index (κ2) is 17.0. The Morgan fingerprint density at radius 1 is 1.04 bits per heavy atom. The minimum atomic E-state index is -1.04. The van der Waals surface area contributed by atoms with Crippen LogP contribution in [0.2, 0.25) is 0 Å². The minimum Gasteiger partial charge on any atom is -0.344 e. The lowest BCUT2D eigenvalue weighted by molar-refractivity contribution is -0.143. The maximum atomic E-state index is 14.8. The predicted molar refractivity (Wildman–Crippen MR) is 199 cm³/mol. The fraction of sp³-hybridized carbons (Fsp3) is 0.737. The molecule has 1 saturated heterocycles. The Balaban J connectivity index is 1.62. The van der Waals surface area contributed by atoms with Crippen molar-refractivity contribution in [2.24, 2.45) is 39.5 Å². The third-order valence-electron chi connectivity index (χ3n) is 11.5. The molecule has 0 bridgehead atoms. The average molecular weight is 713 g/mol. The minimum absolute atomic E-state index is 0.0185. The molecule has 1 heterocycles. The first kappa shape index (κ1) is 39.8. The van der Waals surface area contributed by atoms with Crippen LogP contribution in [0.15, 0.2) is 29.8 Å². The topological polar surface area (TPSA) is 140 Å². The van der Waals surface area contributed by atoms with E-state index in [-0.39, 0.29) is 46.5 Å². The normalized spacial score (nSPS) is 25.4. The molecule has 4 rings (SSSR count). The summed E-state index contributed by atoms with van der Waals surface area (Å²) in [7, 11) is 1.98. The Morgan fingerprint density at radius 2 is 1.72 bits per heavy atom. The van der Waals surface area contributed by atoms with Gasteiger partial charge in [0, 0.05) is 31.3 Å². The first-order valence-corrected chi connectivity index (χ1v) is 19.6. The lowest BCUT2D eigenvalue weighted by Crippen LogP contribution is -2.61. The number of carbonyl (C=O) groups is 5. The van der Waals surface area contributed by atoms with E-state index in [2.05, 4.69) is 72.5 Å². The molecule has 278 valence electrons. The summed E-state index contributed by atoms with van der Waals surface area (Å²) < 4.78 is 2.07. The van der Waals surface area contributed by atoms with Crippen LogP contribution in [0.4, 0.5) is 4.79 Å². The van der Waals surface area contributed by atoms with Gasteiger partial charge < -0.3 is 20.9 Å². The van der Waals surface area contributed by atoms with Gasteiger partial charge in [-0.25, -0.2) is 9.79 Å². The van der Waals surface area contributed by atoms with Crippen molar-refractivity contribution < 1.29 is 24.0 Å². The van der Waals surface area contributed by atoms with E-state index in [9.17, 15) is 24.0 Å². The zero-order valence-corrected chi connectivity index (χ0v) is 32.0. The third kappa shape index (κ3) is 9.66. The number of amides is 5. The summed E-state index contributed by atoms with van der Waals surface area (Å²) in [6, 6.07) is -3.31. The van der Waals surface area contributed by atoms with Crippen LogP contribution in [0.5, 0.6) is 0 Å². The number of nitrogens with one attached hydrogen (secondary N) is 3. The molecule has 5 amide bonds. The van der Waals surface area contributed by atoms with Crippen LogP contribution >= 0.6 is 11.9 Å². The number of hydrogen-bond donors (Lipinski definition) is 3. The summed E-state index contributed by atoms with van der Waals surface area (Å²) in [6.07, 6.45) is 16.5. The van der Waals surface area contributed by atoms with Crippen LogP contribution in [0.25, 0.3) is 0 Å². The number of carbonyl (C=O) groups excluding carboxylic acids is 5. The highest BCUT2D eigenvalue weighted by molar-refractivity contribution is 7.96. The summed E-state index contributed by atoms with van der Waals surface area (Å²) in [6.45, 7) is 15.0. The standard InChI is InChI=1S/C38H60N6O5S/c1-9-20-39-34(47)32(45)28(21-24-14-13-15-24)40-33(46)31-26-18-19-38(5,6)27(26)22-44(31)35(48)30(25-16-11-10-12-17-25)42-36(49)41-29(37(2,3)4)23-43(7)50-8/h9,18-20,24-31H,1,10-17,21-23H2,2-8H3,(H,40,46)(H2,41,42,49)/t26-,27-,28?,29+,30-,31-/m0/s1. The molecule has 4 aliphatic rings. The monoisotopic (exact) mass is 712 g/mol. The van der Waals surface area contributed by atoms with Crippen LogP contribution in [0.1, 0.15) is 92.4 Å². The maximum absolute atomic E-state index is 14.8. The number of nitrogens with zero attached hydrogens (tertiary/aromatic N) is 3. The van der Waals surface area contributed by atoms with Gasteiger partial charge in [0.25, 0.3) is 0 Å². The summed E-state index contributed by atoms with van der Waals surface area (Å²) >= 11 is 1.59. The van der Waals surface area contributed by atoms with Gasteiger partial charge in [0.05, 0.1) is 6.04 Å². The number of fused-ring (bicyclic) bond motifs is 1. The van der Waals surface area contributed by atoms with Crippen LogP contribution in [0.3, 0.4) is 0 Å². The van der Waals surface area contributed by atoms with Crippen LogP contribution < -0.4 is 16.0 Å². The van der Waals surface area contributed by atoms with Gasteiger partial charge in [-0.3, -0.25) is 23.5 Å². The first-order valence-electron chi connectivity index (χ1n) is 18.4.